The summed E-state index contributed by atoms with van der Waals surface area (Å²) >= 11 is 0. The van der Waals surface area contributed by atoms with Gasteiger partial charge < -0.3 is 9.84 Å². The summed E-state index contributed by atoms with van der Waals surface area (Å²) in [6.07, 6.45) is 4.75. The van der Waals surface area contributed by atoms with Gasteiger partial charge in [0.15, 0.2) is 0 Å². The van der Waals surface area contributed by atoms with Crippen molar-refractivity contribution in [2.45, 2.75) is 69.5 Å². The molecule has 45 heavy (non-hydrogen) atoms. The van der Waals surface area contributed by atoms with Crippen molar-refractivity contribution in [3.05, 3.63) is 167 Å². The Labute approximate surface area is 267 Å². The van der Waals surface area contributed by atoms with Crippen molar-refractivity contribution >= 4 is 0 Å². The zero-order valence-electron chi connectivity index (χ0n) is 25.8. The number of benzene rings is 5. The average molecular weight is 595 g/mol. The molecule has 1 aliphatic heterocycles. The lowest BCUT2D eigenvalue weighted by Crippen LogP contribution is -2.62. The van der Waals surface area contributed by atoms with E-state index in [-0.39, 0.29) is 12.1 Å². The number of ether oxygens (including phenoxy) is 1. The molecule has 228 valence electrons. The van der Waals surface area contributed by atoms with Crippen molar-refractivity contribution in [3.63, 3.8) is 0 Å². The van der Waals surface area contributed by atoms with Gasteiger partial charge >= 0.3 is 0 Å². The van der Waals surface area contributed by atoms with E-state index in [4.69, 9.17) is 4.74 Å². The van der Waals surface area contributed by atoms with E-state index in [1.54, 1.807) is 0 Å². The molecule has 0 bridgehead atoms. The Bertz CT molecular complexity index is 1660. The molecule has 2 aliphatic rings. The van der Waals surface area contributed by atoms with E-state index in [1.807, 2.05) is 18.2 Å². The molecular formula is C41H42N2O2. The molecule has 4 nitrogen and oxygen atoms in total. The Kier molecular flexibility index (Phi) is 8.95. The lowest BCUT2D eigenvalue weighted by atomic mass is 9.77. The standard InChI is InChI=1S/C41H42N2O2/c44-38-26-14-10-22-34(38)40-41(35-23-11-15-27-39(35)45-30-33-20-8-3-9-21-33)43(29-32-18-6-2-7-19-32)37-25-13-12-24-36(37)42(40)28-31-16-4-1-5-17-31/h1-11,14-23,26-27,36-37,40-41,44H,12-13,24-25,28-30H2/t36-,37-,40+,41+/m1/s1. The van der Waals surface area contributed by atoms with E-state index in [9.17, 15) is 5.11 Å². The molecule has 4 atom stereocenters. The van der Waals surface area contributed by atoms with Gasteiger partial charge in [0.05, 0.1) is 12.1 Å². The molecule has 1 heterocycles. The van der Waals surface area contributed by atoms with Crippen LogP contribution in [-0.4, -0.2) is 27.0 Å². The van der Waals surface area contributed by atoms with E-state index in [0.29, 0.717) is 24.4 Å². The summed E-state index contributed by atoms with van der Waals surface area (Å²) in [5.41, 5.74) is 5.89. The molecule has 4 heteroatoms. The number of para-hydroxylation sites is 2. The molecule has 2 fully saturated rings. The van der Waals surface area contributed by atoms with E-state index < -0.39 is 0 Å². The highest BCUT2D eigenvalue weighted by molar-refractivity contribution is 5.44. The van der Waals surface area contributed by atoms with Crippen LogP contribution in [-0.2, 0) is 19.7 Å². The van der Waals surface area contributed by atoms with Crippen molar-refractivity contribution in [2.75, 3.05) is 0 Å². The number of rotatable bonds is 9. The number of piperazine rings is 1. The predicted octanol–water partition coefficient (Wildman–Crippen LogP) is 9.08. The first-order valence-electron chi connectivity index (χ1n) is 16.4. The molecule has 0 amide bonds. The number of hydrogen-bond donors (Lipinski definition) is 1. The Hall–Kier alpha value is -4.38. The molecule has 0 radical (unpaired) electrons. The second-order valence-corrected chi connectivity index (χ2v) is 12.5. The van der Waals surface area contributed by atoms with Crippen molar-refractivity contribution in [2.24, 2.45) is 0 Å². The maximum atomic E-state index is 11.5. The third-order valence-corrected chi connectivity index (χ3v) is 9.71. The SMILES string of the molecule is Oc1ccccc1[C@H]1[C@H](c2ccccc2OCc2ccccc2)N(Cc2ccccc2)[C@@H]2CCCC[C@H]2N1Cc1ccccc1. The summed E-state index contributed by atoms with van der Waals surface area (Å²) in [6, 6.07) is 49.3. The molecule has 5 aromatic carbocycles. The highest BCUT2D eigenvalue weighted by Crippen LogP contribution is 2.53. The van der Waals surface area contributed by atoms with Gasteiger partial charge in [-0.1, -0.05) is 140 Å². The second-order valence-electron chi connectivity index (χ2n) is 12.5. The molecule has 7 rings (SSSR count). The quantitative estimate of drug-likeness (QED) is 0.185. The topological polar surface area (TPSA) is 35.9 Å². The second kappa shape index (κ2) is 13.7. The van der Waals surface area contributed by atoms with Gasteiger partial charge in [-0.25, -0.2) is 0 Å². The Morgan fingerprint density at radius 2 is 0.956 bits per heavy atom. The maximum Gasteiger partial charge on any atom is 0.124 e. The van der Waals surface area contributed by atoms with Gasteiger partial charge in [0, 0.05) is 36.3 Å². The summed E-state index contributed by atoms with van der Waals surface area (Å²) < 4.78 is 6.67. The van der Waals surface area contributed by atoms with Gasteiger partial charge in [-0.15, -0.1) is 0 Å². The number of aromatic hydroxyl groups is 1. The van der Waals surface area contributed by atoms with Crippen LogP contribution in [0.3, 0.4) is 0 Å². The van der Waals surface area contributed by atoms with Gasteiger partial charge in [0.1, 0.15) is 18.1 Å². The van der Waals surface area contributed by atoms with Crippen LogP contribution in [0.5, 0.6) is 11.5 Å². The number of nitrogens with zero attached hydrogens (tertiary/aromatic N) is 2. The van der Waals surface area contributed by atoms with Gasteiger partial charge in [0.2, 0.25) is 0 Å². The summed E-state index contributed by atoms with van der Waals surface area (Å²) in [5.74, 6) is 1.25. The van der Waals surface area contributed by atoms with E-state index in [2.05, 4.69) is 131 Å². The summed E-state index contributed by atoms with van der Waals surface area (Å²) in [7, 11) is 0. The van der Waals surface area contributed by atoms with Crippen LogP contribution in [0.2, 0.25) is 0 Å². The van der Waals surface area contributed by atoms with Gasteiger partial charge in [-0.3, -0.25) is 9.80 Å². The van der Waals surface area contributed by atoms with Crippen LogP contribution >= 0.6 is 0 Å². The van der Waals surface area contributed by atoms with Crippen molar-refractivity contribution in [1.82, 2.24) is 9.80 Å². The summed E-state index contributed by atoms with van der Waals surface area (Å²) in [4.78, 5) is 5.47. The lowest BCUT2D eigenvalue weighted by molar-refractivity contribution is -0.0939. The monoisotopic (exact) mass is 594 g/mol. The molecule has 1 saturated carbocycles. The fraction of sp³-hybridized carbons (Fsp3) is 0.268. The predicted molar refractivity (Wildman–Crippen MR) is 181 cm³/mol. The first-order chi connectivity index (χ1) is 22.3. The van der Waals surface area contributed by atoms with Gasteiger partial charge in [-0.05, 0) is 41.7 Å². The highest BCUT2D eigenvalue weighted by Gasteiger charge is 2.50. The molecule has 1 aliphatic carbocycles. The zero-order valence-corrected chi connectivity index (χ0v) is 25.8. The van der Waals surface area contributed by atoms with Crippen LogP contribution in [0.4, 0.5) is 0 Å². The largest absolute Gasteiger partial charge is 0.508 e. The third kappa shape index (κ3) is 6.40. The number of fused-ring (bicyclic) bond motifs is 1. The fourth-order valence-corrected chi connectivity index (χ4v) is 7.69. The smallest absolute Gasteiger partial charge is 0.124 e. The molecule has 1 N–H and O–H groups in total. The van der Waals surface area contributed by atoms with Crippen molar-refractivity contribution in [3.8, 4) is 11.5 Å². The number of phenolic OH excluding ortho intramolecular Hbond substituents is 1. The van der Waals surface area contributed by atoms with Crippen LogP contribution in [0.25, 0.3) is 0 Å². The van der Waals surface area contributed by atoms with Gasteiger partial charge in [0.25, 0.3) is 0 Å². The lowest BCUT2D eigenvalue weighted by Gasteiger charge is -2.58. The zero-order chi connectivity index (χ0) is 30.4. The fourth-order valence-electron chi connectivity index (χ4n) is 7.69. The Morgan fingerprint density at radius 1 is 0.511 bits per heavy atom. The summed E-state index contributed by atoms with van der Waals surface area (Å²) in [5, 5.41) is 11.5. The highest BCUT2D eigenvalue weighted by atomic mass is 16.5. The first kappa shape index (κ1) is 29.3. The van der Waals surface area contributed by atoms with Crippen LogP contribution < -0.4 is 4.74 Å². The van der Waals surface area contributed by atoms with E-state index in [1.165, 1.54) is 29.5 Å². The van der Waals surface area contributed by atoms with Crippen LogP contribution in [0.15, 0.2) is 140 Å². The van der Waals surface area contributed by atoms with Crippen molar-refractivity contribution < 1.29 is 9.84 Å². The Morgan fingerprint density at radius 3 is 1.51 bits per heavy atom. The molecule has 1 saturated heterocycles. The minimum atomic E-state index is -0.0871. The molecule has 5 aromatic rings. The first-order valence-corrected chi connectivity index (χ1v) is 16.4. The van der Waals surface area contributed by atoms with Crippen molar-refractivity contribution in [1.29, 1.82) is 0 Å². The molecule has 0 spiro atoms. The van der Waals surface area contributed by atoms with Gasteiger partial charge in [-0.2, -0.15) is 0 Å². The molecule has 0 aromatic heterocycles. The molecular weight excluding hydrogens is 552 g/mol. The molecule has 0 unspecified atom stereocenters. The van der Waals surface area contributed by atoms with Crippen LogP contribution in [0, 0.1) is 0 Å². The minimum Gasteiger partial charge on any atom is -0.508 e. The maximum absolute atomic E-state index is 11.5. The average Bonchev–Trinajstić information content (AvgIpc) is 3.10. The normalized spacial score (nSPS) is 22.0. The summed E-state index contributed by atoms with van der Waals surface area (Å²) in [6.45, 7) is 2.16. The van der Waals surface area contributed by atoms with E-state index in [0.717, 1.165) is 42.8 Å². The Balaban J connectivity index is 1.40. The third-order valence-electron chi connectivity index (χ3n) is 9.71. The van der Waals surface area contributed by atoms with Crippen LogP contribution in [0.1, 0.15) is 65.6 Å². The minimum absolute atomic E-state index is 0.0476. The number of phenols is 1. The number of hydrogen-bond acceptors (Lipinski definition) is 4. The van der Waals surface area contributed by atoms with E-state index >= 15 is 0 Å².